The Kier molecular flexibility index (Phi) is 3.41. The Labute approximate surface area is 171 Å². The molecular formula is C25H30O4. The molecule has 0 aromatic heterocycles. The molecule has 1 N–H and O–H groups in total. The van der Waals surface area contributed by atoms with Gasteiger partial charge < -0.3 is 9.84 Å². The number of carboxylic acids is 1. The number of aliphatic carboxylic acids is 1. The molecule has 154 valence electrons. The van der Waals surface area contributed by atoms with Crippen LogP contribution < -0.4 is 0 Å². The second kappa shape index (κ2) is 5.76. The molecule has 6 bridgehead atoms. The molecule has 4 heteroatoms. The first-order chi connectivity index (χ1) is 14.1. The summed E-state index contributed by atoms with van der Waals surface area (Å²) in [6.45, 7) is 0.517. The van der Waals surface area contributed by atoms with Gasteiger partial charge in [-0.1, -0.05) is 24.3 Å². The largest absolute Gasteiger partial charge is 0.481 e. The Bertz CT molecular complexity index is 829. The highest BCUT2D eigenvalue weighted by Gasteiger charge is 2.68. The van der Waals surface area contributed by atoms with Gasteiger partial charge in [0.15, 0.2) is 0 Å². The van der Waals surface area contributed by atoms with E-state index in [1.54, 1.807) is 0 Å². The van der Waals surface area contributed by atoms with Gasteiger partial charge in [-0.3, -0.25) is 9.59 Å². The summed E-state index contributed by atoms with van der Waals surface area (Å²) in [6.07, 6.45) is 15.2. The van der Waals surface area contributed by atoms with E-state index in [4.69, 9.17) is 4.74 Å². The number of carbonyl (C=O) groups excluding carboxylic acids is 1. The second-order valence-electron chi connectivity index (χ2n) is 11.2. The minimum Gasteiger partial charge on any atom is -0.481 e. The molecule has 0 aliphatic heterocycles. The van der Waals surface area contributed by atoms with Crippen molar-refractivity contribution in [3.63, 3.8) is 0 Å². The molecule has 7 aliphatic rings. The number of allylic oxidation sites excluding steroid dienone is 4. The van der Waals surface area contributed by atoms with Gasteiger partial charge in [-0.15, -0.1) is 0 Å². The van der Waals surface area contributed by atoms with E-state index < -0.39 is 17.8 Å². The Morgan fingerprint density at radius 1 is 0.862 bits per heavy atom. The fourth-order valence-corrected chi connectivity index (χ4v) is 9.87. The molecule has 0 aromatic rings. The number of carboxylic acid groups (broad SMARTS) is 1. The molecular weight excluding hydrogens is 364 g/mol. The molecule has 29 heavy (non-hydrogen) atoms. The number of esters is 1. The first-order valence-corrected chi connectivity index (χ1v) is 11.9. The van der Waals surface area contributed by atoms with Crippen LogP contribution in [0.3, 0.4) is 0 Å². The van der Waals surface area contributed by atoms with E-state index >= 15 is 0 Å². The maximum absolute atomic E-state index is 13.2. The highest BCUT2D eigenvalue weighted by molar-refractivity contribution is 5.83. The first kappa shape index (κ1) is 17.1. The molecule has 13 unspecified atom stereocenters. The third-order valence-electron chi connectivity index (χ3n) is 10.6. The van der Waals surface area contributed by atoms with Crippen LogP contribution in [0.2, 0.25) is 0 Å². The van der Waals surface area contributed by atoms with E-state index in [0.717, 1.165) is 24.2 Å². The molecule has 5 fully saturated rings. The molecule has 0 radical (unpaired) electrons. The van der Waals surface area contributed by atoms with Crippen molar-refractivity contribution in [3.05, 3.63) is 24.3 Å². The molecule has 0 saturated heterocycles. The Balaban J connectivity index is 1.07. The van der Waals surface area contributed by atoms with E-state index in [1.165, 1.54) is 25.7 Å². The van der Waals surface area contributed by atoms with Gasteiger partial charge in [0.2, 0.25) is 0 Å². The number of rotatable bonds is 4. The number of hydrogen-bond donors (Lipinski definition) is 1. The minimum atomic E-state index is -0.774. The molecule has 4 nitrogen and oxygen atoms in total. The van der Waals surface area contributed by atoms with Crippen LogP contribution >= 0.6 is 0 Å². The zero-order chi connectivity index (χ0) is 19.4. The van der Waals surface area contributed by atoms with Crippen LogP contribution in [0.5, 0.6) is 0 Å². The summed E-state index contributed by atoms with van der Waals surface area (Å²) in [5.74, 6) is 4.16. The lowest BCUT2D eigenvalue weighted by atomic mass is 9.65. The summed E-state index contributed by atoms with van der Waals surface area (Å²) in [5.41, 5.74) is 0. The van der Waals surface area contributed by atoms with Crippen molar-refractivity contribution >= 4 is 11.9 Å². The van der Waals surface area contributed by atoms with Crippen molar-refractivity contribution in [2.24, 2.45) is 76.9 Å². The SMILES string of the molecule is O=C(O)C1C2CC(C1C(=O)OCC1CC3CC1C1CC=CC31)C1C3C=CC(C3)C21. The summed E-state index contributed by atoms with van der Waals surface area (Å²) in [7, 11) is 0. The van der Waals surface area contributed by atoms with Crippen molar-refractivity contribution in [2.75, 3.05) is 6.61 Å². The Morgan fingerprint density at radius 2 is 1.62 bits per heavy atom. The number of hydrogen-bond acceptors (Lipinski definition) is 3. The van der Waals surface area contributed by atoms with Crippen LogP contribution in [-0.4, -0.2) is 23.7 Å². The van der Waals surface area contributed by atoms with Gasteiger partial charge in [0, 0.05) is 0 Å². The molecule has 0 heterocycles. The van der Waals surface area contributed by atoms with Crippen molar-refractivity contribution in [1.29, 1.82) is 0 Å². The molecule has 7 aliphatic carbocycles. The predicted octanol–water partition coefficient (Wildman–Crippen LogP) is 3.78. The first-order valence-electron chi connectivity index (χ1n) is 11.9. The fraction of sp³-hybridized carbons (Fsp3) is 0.760. The van der Waals surface area contributed by atoms with Gasteiger partial charge in [0.05, 0.1) is 18.4 Å². The molecule has 0 spiro atoms. The van der Waals surface area contributed by atoms with Crippen LogP contribution in [0.25, 0.3) is 0 Å². The van der Waals surface area contributed by atoms with Crippen molar-refractivity contribution in [2.45, 2.75) is 32.1 Å². The lowest BCUT2D eigenvalue weighted by molar-refractivity contribution is -0.164. The highest BCUT2D eigenvalue weighted by Crippen LogP contribution is 2.69. The number of ether oxygens (including phenoxy) is 1. The minimum absolute atomic E-state index is 0.174. The molecule has 0 aromatic carbocycles. The molecule has 5 saturated carbocycles. The van der Waals surface area contributed by atoms with Gasteiger partial charge in [-0.05, 0) is 97.2 Å². The smallest absolute Gasteiger partial charge is 0.310 e. The molecule has 0 amide bonds. The summed E-state index contributed by atoms with van der Waals surface area (Å²) < 4.78 is 5.93. The van der Waals surface area contributed by atoms with Crippen LogP contribution in [0.1, 0.15) is 32.1 Å². The number of fused-ring (bicyclic) bond motifs is 14. The zero-order valence-corrected chi connectivity index (χ0v) is 16.7. The fourth-order valence-electron chi connectivity index (χ4n) is 9.87. The van der Waals surface area contributed by atoms with E-state index in [1.807, 2.05) is 0 Å². The van der Waals surface area contributed by atoms with Gasteiger partial charge in [0.25, 0.3) is 0 Å². The van der Waals surface area contributed by atoms with Gasteiger partial charge in [-0.2, -0.15) is 0 Å². The van der Waals surface area contributed by atoms with Crippen LogP contribution in [0.4, 0.5) is 0 Å². The third kappa shape index (κ3) is 2.11. The summed E-state index contributed by atoms with van der Waals surface area (Å²) in [4.78, 5) is 25.4. The molecule has 13 atom stereocenters. The maximum Gasteiger partial charge on any atom is 0.310 e. The topological polar surface area (TPSA) is 63.6 Å². The van der Waals surface area contributed by atoms with Crippen molar-refractivity contribution < 1.29 is 19.4 Å². The standard InChI is InChI=1S/C25H30O4/c26-24(27)22-18-9-19(21-12-5-4-11(6-12)20(18)21)23(22)25(28)29-10-14-7-13-8-17(14)16-3-1-2-15(13)16/h1-2,4-5,11-23H,3,6-10H2,(H,26,27). The van der Waals surface area contributed by atoms with E-state index in [2.05, 4.69) is 24.3 Å². The Morgan fingerprint density at radius 3 is 2.38 bits per heavy atom. The van der Waals surface area contributed by atoms with Crippen molar-refractivity contribution in [1.82, 2.24) is 0 Å². The summed E-state index contributed by atoms with van der Waals surface area (Å²) in [5, 5.41) is 9.98. The van der Waals surface area contributed by atoms with Crippen LogP contribution in [0.15, 0.2) is 24.3 Å². The normalized spacial score (nSPS) is 56.9. The predicted molar refractivity (Wildman–Crippen MR) is 105 cm³/mol. The van der Waals surface area contributed by atoms with E-state index in [9.17, 15) is 14.7 Å². The van der Waals surface area contributed by atoms with Crippen molar-refractivity contribution in [3.8, 4) is 0 Å². The summed E-state index contributed by atoms with van der Waals surface area (Å²) in [6, 6.07) is 0. The van der Waals surface area contributed by atoms with Gasteiger partial charge >= 0.3 is 11.9 Å². The van der Waals surface area contributed by atoms with E-state index in [-0.39, 0.29) is 17.8 Å². The average molecular weight is 395 g/mol. The second-order valence-corrected chi connectivity index (χ2v) is 11.2. The van der Waals surface area contributed by atoms with E-state index in [0.29, 0.717) is 42.1 Å². The van der Waals surface area contributed by atoms with Gasteiger partial charge in [0.1, 0.15) is 0 Å². The van der Waals surface area contributed by atoms with Crippen LogP contribution in [-0.2, 0) is 14.3 Å². The average Bonchev–Trinajstić information content (AvgIpc) is 3.53. The lowest BCUT2D eigenvalue weighted by Crippen LogP contribution is -2.44. The molecule has 7 rings (SSSR count). The maximum atomic E-state index is 13.2. The highest BCUT2D eigenvalue weighted by atomic mass is 16.5. The lowest BCUT2D eigenvalue weighted by Gasteiger charge is -2.39. The Hall–Kier alpha value is -1.58. The number of carbonyl (C=O) groups is 2. The van der Waals surface area contributed by atoms with Crippen LogP contribution in [0, 0.1) is 76.9 Å². The monoisotopic (exact) mass is 394 g/mol. The quantitative estimate of drug-likeness (QED) is 0.448. The zero-order valence-electron chi connectivity index (χ0n) is 16.7. The third-order valence-corrected chi connectivity index (χ3v) is 10.6. The summed E-state index contributed by atoms with van der Waals surface area (Å²) >= 11 is 0. The van der Waals surface area contributed by atoms with Gasteiger partial charge in [-0.25, -0.2) is 0 Å².